The summed E-state index contributed by atoms with van der Waals surface area (Å²) in [7, 11) is -3.68. The van der Waals surface area contributed by atoms with E-state index in [1.807, 2.05) is 56.3 Å². The van der Waals surface area contributed by atoms with Gasteiger partial charge in [0.15, 0.2) is 0 Å². The van der Waals surface area contributed by atoms with Crippen molar-refractivity contribution in [2.75, 3.05) is 11.9 Å². The number of pyridine rings is 3. The zero-order valence-electron chi connectivity index (χ0n) is 22.1. The minimum Gasteiger partial charge on any atom is -0.364 e. The monoisotopic (exact) mass is 537 g/mol. The van der Waals surface area contributed by atoms with Crippen LogP contribution in [0.4, 0.5) is 5.82 Å². The standard InChI is InChI=1S/C31H31N5O2S/c1-3-4-17-35-39(37,38)26-18-24(19-32-21-26)30-22(2)27-14-10-15-28(23-11-6-5-7-12-23)29(27)31(36-30)34-20-25-13-8-9-16-33-25/h5-16,18-19,21,35H,3-4,17,20H2,1-2H3,(H,34,36). The third-order valence-corrected chi connectivity index (χ3v) is 8.08. The topological polar surface area (TPSA) is 96.9 Å². The predicted molar refractivity (Wildman–Crippen MR) is 157 cm³/mol. The van der Waals surface area contributed by atoms with Crippen LogP contribution in [0.25, 0.3) is 33.2 Å². The number of anilines is 1. The van der Waals surface area contributed by atoms with Crippen molar-refractivity contribution in [3.63, 3.8) is 0 Å². The van der Waals surface area contributed by atoms with Gasteiger partial charge in [-0.3, -0.25) is 9.97 Å². The van der Waals surface area contributed by atoms with Crippen molar-refractivity contribution >= 4 is 26.6 Å². The van der Waals surface area contributed by atoms with Crippen molar-refractivity contribution in [1.29, 1.82) is 0 Å². The Hall–Kier alpha value is -4.14. The van der Waals surface area contributed by atoms with E-state index >= 15 is 0 Å². The number of rotatable bonds is 10. The molecule has 3 heterocycles. The molecule has 0 bridgehead atoms. The van der Waals surface area contributed by atoms with Gasteiger partial charge < -0.3 is 5.32 Å². The molecule has 0 saturated heterocycles. The lowest BCUT2D eigenvalue weighted by Crippen LogP contribution is -2.24. The van der Waals surface area contributed by atoms with Crippen molar-refractivity contribution in [2.45, 2.75) is 38.1 Å². The molecule has 0 saturated carbocycles. The molecular weight excluding hydrogens is 506 g/mol. The summed E-state index contributed by atoms with van der Waals surface area (Å²) in [6, 6.07) is 23.9. The van der Waals surface area contributed by atoms with Crippen LogP contribution in [-0.4, -0.2) is 29.9 Å². The first kappa shape index (κ1) is 26.5. The van der Waals surface area contributed by atoms with Gasteiger partial charge in [0, 0.05) is 36.1 Å². The third-order valence-electron chi connectivity index (χ3n) is 6.65. The number of nitrogens with zero attached hydrogens (tertiary/aromatic N) is 3. The van der Waals surface area contributed by atoms with Gasteiger partial charge in [-0.1, -0.05) is 67.9 Å². The molecule has 0 aliphatic carbocycles. The molecule has 0 atom stereocenters. The van der Waals surface area contributed by atoms with Gasteiger partial charge in [0.25, 0.3) is 0 Å². The van der Waals surface area contributed by atoms with Crippen LogP contribution < -0.4 is 10.0 Å². The Morgan fingerprint density at radius 3 is 2.49 bits per heavy atom. The zero-order valence-corrected chi connectivity index (χ0v) is 22.9. The van der Waals surface area contributed by atoms with E-state index in [4.69, 9.17) is 4.98 Å². The summed E-state index contributed by atoms with van der Waals surface area (Å²) in [6.07, 6.45) is 6.48. The van der Waals surface area contributed by atoms with Crippen molar-refractivity contribution < 1.29 is 8.42 Å². The fraction of sp³-hybridized carbons (Fsp3) is 0.194. The number of unbranched alkanes of at least 4 members (excludes halogenated alkanes) is 1. The SMILES string of the molecule is CCCCNS(=O)(=O)c1cncc(-c2nc(NCc3ccccn3)c3c(-c4ccccc4)cccc3c2C)c1. The summed E-state index contributed by atoms with van der Waals surface area (Å²) in [4.78, 5) is 13.9. The lowest BCUT2D eigenvalue weighted by Gasteiger charge is -2.18. The molecule has 0 radical (unpaired) electrons. The molecule has 0 unspecified atom stereocenters. The van der Waals surface area contributed by atoms with E-state index in [-0.39, 0.29) is 4.90 Å². The molecule has 2 N–H and O–H groups in total. The molecule has 0 fully saturated rings. The van der Waals surface area contributed by atoms with E-state index < -0.39 is 10.0 Å². The van der Waals surface area contributed by atoms with Gasteiger partial charge in [0.05, 0.1) is 17.9 Å². The highest BCUT2D eigenvalue weighted by Crippen LogP contribution is 2.38. The number of aromatic nitrogens is 3. The Kier molecular flexibility index (Phi) is 7.95. The number of nitrogens with one attached hydrogen (secondary N) is 2. The maximum atomic E-state index is 12.9. The predicted octanol–water partition coefficient (Wildman–Crippen LogP) is 6.36. The minimum atomic E-state index is -3.68. The van der Waals surface area contributed by atoms with Crippen molar-refractivity contribution in [3.05, 3.63) is 103 Å². The van der Waals surface area contributed by atoms with Gasteiger partial charge in [0.2, 0.25) is 10.0 Å². The lowest BCUT2D eigenvalue weighted by molar-refractivity contribution is 0.578. The van der Waals surface area contributed by atoms with Gasteiger partial charge in [-0.15, -0.1) is 0 Å². The van der Waals surface area contributed by atoms with Crippen LogP contribution in [0.15, 0.2) is 96.3 Å². The van der Waals surface area contributed by atoms with Crippen LogP contribution >= 0.6 is 0 Å². The molecular formula is C31H31N5O2S. The minimum absolute atomic E-state index is 0.124. The van der Waals surface area contributed by atoms with Gasteiger partial charge in [-0.05, 0) is 53.6 Å². The van der Waals surface area contributed by atoms with Crippen LogP contribution in [0.3, 0.4) is 0 Å². The van der Waals surface area contributed by atoms with Gasteiger partial charge in [-0.25, -0.2) is 18.1 Å². The number of hydrogen-bond donors (Lipinski definition) is 2. The number of aryl methyl sites for hydroxylation is 1. The molecule has 3 aromatic heterocycles. The first-order valence-electron chi connectivity index (χ1n) is 13.1. The van der Waals surface area contributed by atoms with E-state index in [9.17, 15) is 8.42 Å². The maximum Gasteiger partial charge on any atom is 0.242 e. The second-order valence-corrected chi connectivity index (χ2v) is 11.1. The van der Waals surface area contributed by atoms with Gasteiger partial charge >= 0.3 is 0 Å². The molecule has 0 spiro atoms. The lowest BCUT2D eigenvalue weighted by atomic mass is 9.94. The molecule has 0 aliphatic rings. The normalized spacial score (nSPS) is 11.5. The quantitative estimate of drug-likeness (QED) is 0.201. The Bertz CT molecular complexity index is 1690. The van der Waals surface area contributed by atoms with Crippen LogP contribution in [-0.2, 0) is 16.6 Å². The van der Waals surface area contributed by atoms with E-state index in [0.29, 0.717) is 30.2 Å². The molecule has 7 nitrogen and oxygen atoms in total. The number of hydrogen-bond acceptors (Lipinski definition) is 6. The first-order chi connectivity index (χ1) is 19.0. The van der Waals surface area contributed by atoms with E-state index in [1.165, 1.54) is 6.20 Å². The molecule has 198 valence electrons. The second kappa shape index (κ2) is 11.7. The van der Waals surface area contributed by atoms with Crippen LogP contribution in [0.1, 0.15) is 31.0 Å². The van der Waals surface area contributed by atoms with Gasteiger partial charge in [0.1, 0.15) is 10.7 Å². The highest BCUT2D eigenvalue weighted by molar-refractivity contribution is 7.89. The third kappa shape index (κ3) is 5.82. The van der Waals surface area contributed by atoms with Crippen LogP contribution in [0.2, 0.25) is 0 Å². The number of benzene rings is 2. The molecule has 5 rings (SSSR count). The molecule has 8 heteroatoms. The van der Waals surface area contributed by atoms with E-state index in [1.54, 1.807) is 18.5 Å². The van der Waals surface area contributed by atoms with Crippen molar-refractivity contribution in [3.8, 4) is 22.4 Å². The summed E-state index contributed by atoms with van der Waals surface area (Å²) in [5.74, 6) is 0.699. The summed E-state index contributed by atoms with van der Waals surface area (Å²) >= 11 is 0. The highest BCUT2D eigenvalue weighted by atomic mass is 32.2. The highest BCUT2D eigenvalue weighted by Gasteiger charge is 2.19. The largest absolute Gasteiger partial charge is 0.364 e. The molecule has 0 amide bonds. The first-order valence-corrected chi connectivity index (χ1v) is 14.5. The molecule has 0 aliphatic heterocycles. The molecule has 39 heavy (non-hydrogen) atoms. The average molecular weight is 538 g/mol. The Morgan fingerprint density at radius 1 is 0.897 bits per heavy atom. The Morgan fingerprint density at radius 2 is 1.72 bits per heavy atom. The van der Waals surface area contributed by atoms with Crippen LogP contribution in [0, 0.1) is 6.92 Å². The molecule has 2 aromatic carbocycles. The zero-order chi connectivity index (χ0) is 27.2. The van der Waals surface area contributed by atoms with Gasteiger partial charge in [-0.2, -0.15) is 0 Å². The van der Waals surface area contributed by atoms with E-state index in [2.05, 4.69) is 44.3 Å². The van der Waals surface area contributed by atoms with E-state index in [0.717, 1.165) is 46.0 Å². The number of fused-ring (bicyclic) bond motifs is 1. The van der Waals surface area contributed by atoms with Crippen molar-refractivity contribution in [2.24, 2.45) is 0 Å². The summed E-state index contributed by atoms with van der Waals surface area (Å²) in [5.41, 5.74) is 5.30. The molecule has 5 aromatic rings. The van der Waals surface area contributed by atoms with Crippen molar-refractivity contribution in [1.82, 2.24) is 19.7 Å². The summed E-state index contributed by atoms with van der Waals surface area (Å²) < 4.78 is 28.5. The fourth-order valence-corrected chi connectivity index (χ4v) is 5.67. The summed E-state index contributed by atoms with van der Waals surface area (Å²) in [6.45, 7) is 4.92. The van der Waals surface area contributed by atoms with Crippen LogP contribution in [0.5, 0.6) is 0 Å². The summed E-state index contributed by atoms with van der Waals surface area (Å²) in [5, 5.41) is 5.53. The average Bonchev–Trinajstić information content (AvgIpc) is 2.98. The maximum absolute atomic E-state index is 12.9. The Balaban J connectivity index is 1.65. The second-order valence-electron chi connectivity index (χ2n) is 9.36. The fourth-order valence-electron chi connectivity index (χ4n) is 4.61. The number of sulfonamides is 1. The Labute approximate surface area is 229 Å². The smallest absolute Gasteiger partial charge is 0.242 e.